The van der Waals surface area contributed by atoms with Crippen LogP contribution >= 0.6 is 0 Å². The van der Waals surface area contributed by atoms with Gasteiger partial charge in [0, 0.05) is 5.54 Å². The number of esters is 1. The van der Waals surface area contributed by atoms with Gasteiger partial charge in [-0.2, -0.15) is 0 Å². The van der Waals surface area contributed by atoms with Gasteiger partial charge < -0.3 is 10.1 Å². The van der Waals surface area contributed by atoms with E-state index < -0.39 is 17.3 Å². The van der Waals surface area contributed by atoms with E-state index in [1.165, 1.54) is 0 Å². The lowest BCUT2D eigenvalue weighted by atomic mass is 9.80. The van der Waals surface area contributed by atoms with E-state index in [0.29, 0.717) is 6.61 Å². The number of hydrogen-bond donors (Lipinski definition) is 1. The van der Waals surface area contributed by atoms with E-state index in [1.54, 1.807) is 6.92 Å². The van der Waals surface area contributed by atoms with Crippen molar-refractivity contribution in [3.63, 3.8) is 0 Å². The van der Waals surface area contributed by atoms with Gasteiger partial charge >= 0.3 is 5.97 Å². The van der Waals surface area contributed by atoms with Crippen LogP contribution in [0.5, 0.6) is 0 Å². The summed E-state index contributed by atoms with van der Waals surface area (Å²) in [6, 6.07) is 0. The number of rotatable bonds is 4. The largest absolute Gasteiger partial charge is 0.465 e. The zero-order chi connectivity index (χ0) is 13.3. The molecule has 1 aliphatic carbocycles. The van der Waals surface area contributed by atoms with Gasteiger partial charge in [0.15, 0.2) is 0 Å². The topological polar surface area (TPSA) is 55.4 Å². The quantitative estimate of drug-likeness (QED) is 0.604. The Balaban J connectivity index is 2.75. The molecular formula is C13H23NO3. The van der Waals surface area contributed by atoms with Crippen LogP contribution in [0.2, 0.25) is 0 Å². The summed E-state index contributed by atoms with van der Waals surface area (Å²) in [4.78, 5) is 24.0. The fraction of sp³-hybridized carbons (Fsp3) is 0.846. The summed E-state index contributed by atoms with van der Waals surface area (Å²) in [5, 5.41) is 2.94. The van der Waals surface area contributed by atoms with Gasteiger partial charge in [-0.05, 0) is 32.1 Å². The van der Waals surface area contributed by atoms with E-state index in [2.05, 4.69) is 5.32 Å². The third-order valence-electron chi connectivity index (χ3n) is 3.08. The van der Waals surface area contributed by atoms with Gasteiger partial charge in [-0.3, -0.25) is 9.59 Å². The van der Waals surface area contributed by atoms with Gasteiger partial charge in [0.05, 0.1) is 6.61 Å². The molecule has 0 aromatic rings. The molecule has 4 heteroatoms. The summed E-state index contributed by atoms with van der Waals surface area (Å²) >= 11 is 0. The minimum absolute atomic E-state index is 0.104. The van der Waals surface area contributed by atoms with Crippen molar-refractivity contribution in [1.29, 1.82) is 0 Å². The monoisotopic (exact) mass is 241 g/mol. The molecule has 0 spiro atoms. The molecule has 1 saturated carbocycles. The summed E-state index contributed by atoms with van der Waals surface area (Å²) in [6.07, 6.45) is 1.97. The Morgan fingerprint density at radius 2 is 1.88 bits per heavy atom. The van der Waals surface area contributed by atoms with Gasteiger partial charge in [-0.15, -0.1) is 0 Å². The minimum atomic E-state index is -0.736. The number of amides is 1. The van der Waals surface area contributed by atoms with Gasteiger partial charge in [0.1, 0.15) is 5.92 Å². The van der Waals surface area contributed by atoms with Crippen LogP contribution in [-0.2, 0) is 14.3 Å². The van der Waals surface area contributed by atoms with Crippen molar-refractivity contribution >= 4 is 11.9 Å². The van der Waals surface area contributed by atoms with E-state index in [9.17, 15) is 9.59 Å². The van der Waals surface area contributed by atoms with Crippen LogP contribution < -0.4 is 5.32 Å². The number of carbonyl (C=O) groups excluding carboxylic acids is 2. The fourth-order valence-corrected chi connectivity index (χ4v) is 1.76. The molecule has 1 unspecified atom stereocenters. The predicted octanol–water partition coefficient (Wildman–Crippen LogP) is 1.88. The maximum absolute atomic E-state index is 12.1. The van der Waals surface area contributed by atoms with Gasteiger partial charge in [0.25, 0.3) is 0 Å². The van der Waals surface area contributed by atoms with Crippen molar-refractivity contribution in [3.8, 4) is 0 Å². The van der Waals surface area contributed by atoms with Crippen molar-refractivity contribution < 1.29 is 14.3 Å². The molecule has 1 fully saturated rings. The second-order valence-corrected chi connectivity index (χ2v) is 6.10. The van der Waals surface area contributed by atoms with Gasteiger partial charge in [-0.1, -0.05) is 20.8 Å². The fourth-order valence-electron chi connectivity index (χ4n) is 1.76. The third kappa shape index (κ3) is 3.72. The summed E-state index contributed by atoms with van der Waals surface area (Å²) in [7, 11) is 0. The molecule has 1 amide bonds. The Hall–Kier alpha value is -1.06. The molecular weight excluding hydrogens is 218 g/mol. The van der Waals surface area contributed by atoms with E-state index in [1.807, 2.05) is 27.7 Å². The maximum atomic E-state index is 12.1. The predicted molar refractivity (Wildman–Crippen MR) is 65.4 cm³/mol. The zero-order valence-electron chi connectivity index (χ0n) is 11.4. The first-order valence-electron chi connectivity index (χ1n) is 6.18. The number of hydrogen-bond acceptors (Lipinski definition) is 3. The molecule has 1 atom stereocenters. The molecule has 0 radical (unpaired) electrons. The van der Waals surface area contributed by atoms with Crippen LogP contribution in [0.4, 0.5) is 0 Å². The average molecular weight is 241 g/mol. The van der Waals surface area contributed by atoms with Crippen LogP contribution in [0.1, 0.15) is 47.5 Å². The maximum Gasteiger partial charge on any atom is 0.319 e. The van der Waals surface area contributed by atoms with Crippen LogP contribution in [0, 0.1) is 11.3 Å². The number of carbonyl (C=O) groups is 2. The van der Waals surface area contributed by atoms with Gasteiger partial charge in [0.2, 0.25) is 5.91 Å². The summed E-state index contributed by atoms with van der Waals surface area (Å²) in [5.41, 5.74) is -0.533. The molecule has 0 bridgehead atoms. The second kappa shape index (κ2) is 4.67. The highest BCUT2D eigenvalue weighted by Crippen LogP contribution is 2.36. The number of nitrogens with one attached hydrogen (secondary N) is 1. The number of ether oxygens (including phenoxy) is 1. The van der Waals surface area contributed by atoms with Crippen LogP contribution in [0.25, 0.3) is 0 Å². The second-order valence-electron chi connectivity index (χ2n) is 6.10. The lowest BCUT2D eigenvalue weighted by molar-refractivity contribution is -0.156. The Morgan fingerprint density at radius 1 is 1.35 bits per heavy atom. The first kappa shape index (κ1) is 14.0. The molecule has 0 heterocycles. The Kier molecular flexibility index (Phi) is 3.84. The first-order valence-corrected chi connectivity index (χ1v) is 6.18. The smallest absolute Gasteiger partial charge is 0.319 e. The van der Waals surface area contributed by atoms with E-state index >= 15 is 0 Å². The van der Waals surface area contributed by atoms with Crippen LogP contribution in [-0.4, -0.2) is 24.0 Å². The molecule has 0 saturated heterocycles. The lowest BCUT2D eigenvalue weighted by Crippen LogP contribution is -2.47. The highest BCUT2D eigenvalue weighted by atomic mass is 16.5. The van der Waals surface area contributed by atoms with E-state index in [-0.39, 0.29) is 11.4 Å². The molecule has 0 aromatic carbocycles. The first-order chi connectivity index (χ1) is 7.69. The molecule has 1 N–H and O–H groups in total. The SMILES string of the molecule is CCOC(=O)C(C(=O)NC1(C)CC1)C(C)(C)C. The molecule has 4 nitrogen and oxygen atoms in total. The molecule has 1 rings (SSSR count). The van der Waals surface area contributed by atoms with Crippen LogP contribution in [0.3, 0.4) is 0 Å². The molecule has 98 valence electrons. The van der Waals surface area contributed by atoms with Crippen molar-refractivity contribution in [1.82, 2.24) is 5.32 Å². The van der Waals surface area contributed by atoms with Crippen molar-refractivity contribution in [2.24, 2.45) is 11.3 Å². The molecule has 17 heavy (non-hydrogen) atoms. The molecule has 0 aliphatic heterocycles. The minimum Gasteiger partial charge on any atom is -0.465 e. The Morgan fingerprint density at radius 3 is 2.24 bits per heavy atom. The average Bonchev–Trinajstić information content (AvgIpc) is 2.80. The lowest BCUT2D eigenvalue weighted by Gasteiger charge is -2.28. The van der Waals surface area contributed by atoms with E-state index in [0.717, 1.165) is 12.8 Å². The molecule has 0 aromatic heterocycles. The third-order valence-corrected chi connectivity index (χ3v) is 3.08. The Labute approximate surface area is 103 Å². The van der Waals surface area contributed by atoms with Crippen LogP contribution in [0.15, 0.2) is 0 Å². The Bertz CT molecular complexity index is 313. The van der Waals surface area contributed by atoms with Crippen molar-refractivity contribution in [3.05, 3.63) is 0 Å². The van der Waals surface area contributed by atoms with Crippen molar-refractivity contribution in [2.75, 3.05) is 6.61 Å². The summed E-state index contributed by atoms with van der Waals surface area (Å²) < 4.78 is 4.99. The highest BCUT2D eigenvalue weighted by Gasteiger charge is 2.45. The molecule has 1 aliphatic rings. The summed E-state index contributed by atoms with van der Waals surface area (Å²) in [5.74, 6) is -1.38. The highest BCUT2D eigenvalue weighted by molar-refractivity contribution is 5.99. The standard InChI is InChI=1S/C13H23NO3/c1-6-17-11(16)9(12(2,3)4)10(15)14-13(5)7-8-13/h9H,6-8H2,1-5H3,(H,14,15). The van der Waals surface area contributed by atoms with Crippen molar-refractivity contribution in [2.45, 2.75) is 53.0 Å². The normalized spacial score (nSPS) is 19.4. The van der Waals surface area contributed by atoms with Gasteiger partial charge in [-0.25, -0.2) is 0 Å². The summed E-state index contributed by atoms with van der Waals surface area (Å²) in [6.45, 7) is 9.68. The van der Waals surface area contributed by atoms with E-state index in [4.69, 9.17) is 4.74 Å². The zero-order valence-corrected chi connectivity index (χ0v) is 11.4.